The Hall–Kier alpha value is -2.63. The van der Waals surface area contributed by atoms with E-state index < -0.39 is 0 Å². The van der Waals surface area contributed by atoms with Gasteiger partial charge in [0.25, 0.3) is 0 Å². The molecule has 3 rings (SSSR count). The second-order valence-corrected chi connectivity index (χ2v) is 6.56. The van der Waals surface area contributed by atoms with Crippen LogP contribution >= 0.6 is 0 Å². The van der Waals surface area contributed by atoms with Gasteiger partial charge in [-0.05, 0) is 51.0 Å². The lowest BCUT2D eigenvalue weighted by molar-refractivity contribution is -0.120. The summed E-state index contributed by atoms with van der Waals surface area (Å²) >= 11 is 0. The number of nitrogens with zero attached hydrogens (tertiary/aromatic N) is 4. The number of piperidine rings is 1. The van der Waals surface area contributed by atoms with Crippen molar-refractivity contribution in [3.63, 3.8) is 0 Å². The van der Waals surface area contributed by atoms with E-state index >= 15 is 0 Å². The molecule has 0 aliphatic carbocycles. The second-order valence-electron chi connectivity index (χ2n) is 6.56. The van der Waals surface area contributed by atoms with E-state index in [1.165, 1.54) is 5.69 Å². The van der Waals surface area contributed by atoms with Crippen LogP contribution in [0.25, 0.3) is 0 Å². The molecule has 1 aromatic heterocycles. The Balaban J connectivity index is 1.60. The fraction of sp³-hybridized carbons (Fsp3) is 0.450. The van der Waals surface area contributed by atoms with Gasteiger partial charge < -0.3 is 15.1 Å². The van der Waals surface area contributed by atoms with Gasteiger partial charge in [0, 0.05) is 49.9 Å². The van der Waals surface area contributed by atoms with Gasteiger partial charge in [0.2, 0.25) is 5.91 Å². The maximum absolute atomic E-state index is 12.7. The van der Waals surface area contributed by atoms with Crippen LogP contribution < -0.4 is 15.1 Å². The van der Waals surface area contributed by atoms with Crippen molar-refractivity contribution >= 4 is 23.1 Å². The van der Waals surface area contributed by atoms with Gasteiger partial charge in [0.1, 0.15) is 5.82 Å². The van der Waals surface area contributed by atoms with Crippen molar-refractivity contribution in [1.29, 1.82) is 0 Å². The Morgan fingerprint density at radius 1 is 1.23 bits per heavy atom. The Bertz CT molecular complexity index is 700. The fourth-order valence-corrected chi connectivity index (χ4v) is 3.44. The highest BCUT2D eigenvalue weighted by Gasteiger charge is 2.26. The molecule has 1 N–H and O–H groups in total. The van der Waals surface area contributed by atoms with Crippen molar-refractivity contribution < 1.29 is 4.79 Å². The maximum Gasteiger partial charge on any atom is 0.229 e. The summed E-state index contributed by atoms with van der Waals surface area (Å²) in [6.07, 6.45) is 7.00. The molecule has 1 unspecified atom stereocenters. The monoisotopic (exact) mass is 353 g/mol. The lowest BCUT2D eigenvalue weighted by Crippen LogP contribution is -2.41. The van der Waals surface area contributed by atoms with Crippen LogP contribution in [-0.4, -0.2) is 42.1 Å². The first-order chi connectivity index (χ1) is 12.7. The summed E-state index contributed by atoms with van der Waals surface area (Å²) in [6, 6.07) is 8.09. The van der Waals surface area contributed by atoms with Crippen LogP contribution in [0.2, 0.25) is 0 Å². The topological polar surface area (TPSA) is 61.4 Å². The van der Waals surface area contributed by atoms with Crippen molar-refractivity contribution in [2.75, 3.05) is 41.3 Å². The summed E-state index contributed by atoms with van der Waals surface area (Å²) < 4.78 is 0. The van der Waals surface area contributed by atoms with Gasteiger partial charge in [-0.15, -0.1) is 0 Å². The number of amides is 1. The highest BCUT2D eigenvalue weighted by molar-refractivity contribution is 5.93. The molecule has 2 aromatic rings. The SMILES string of the molecule is CCN(CC)c1ccc(NC(=O)C2CCCN(c3cnccn3)C2)cc1. The van der Waals surface area contributed by atoms with E-state index in [9.17, 15) is 4.79 Å². The number of nitrogens with one attached hydrogen (secondary N) is 1. The molecule has 6 nitrogen and oxygen atoms in total. The van der Waals surface area contributed by atoms with E-state index in [0.717, 1.165) is 44.0 Å². The van der Waals surface area contributed by atoms with Gasteiger partial charge in [-0.25, -0.2) is 4.98 Å². The first-order valence-electron chi connectivity index (χ1n) is 9.38. The third-order valence-electron chi connectivity index (χ3n) is 4.93. The zero-order valence-electron chi connectivity index (χ0n) is 15.6. The zero-order valence-corrected chi connectivity index (χ0v) is 15.6. The lowest BCUT2D eigenvalue weighted by Gasteiger charge is -2.32. The van der Waals surface area contributed by atoms with Gasteiger partial charge in [0.15, 0.2) is 0 Å². The minimum atomic E-state index is -0.0341. The molecule has 26 heavy (non-hydrogen) atoms. The summed E-state index contributed by atoms with van der Waals surface area (Å²) in [7, 11) is 0. The number of hydrogen-bond acceptors (Lipinski definition) is 5. The Morgan fingerprint density at radius 2 is 2.00 bits per heavy atom. The quantitative estimate of drug-likeness (QED) is 0.864. The van der Waals surface area contributed by atoms with Gasteiger partial charge in [-0.2, -0.15) is 0 Å². The predicted octanol–water partition coefficient (Wildman–Crippen LogP) is 3.18. The first-order valence-corrected chi connectivity index (χ1v) is 9.38. The second kappa shape index (κ2) is 8.65. The Kier molecular flexibility index (Phi) is 6.04. The number of carbonyl (C=O) groups excluding carboxylic acids is 1. The highest BCUT2D eigenvalue weighted by atomic mass is 16.1. The molecule has 6 heteroatoms. The zero-order chi connectivity index (χ0) is 18.4. The van der Waals surface area contributed by atoms with Crippen molar-refractivity contribution in [3.8, 4) is 0 Å². The predicted molar refractivity (Wildman–Crippen MR) is 106 cm³/mol. The van der Waals surface area contributed by atoms with Gasteiger partial charge >= 0.3 is 0 Å². The van der Waals surface area contributed by atoms with E-state index in [-0.39, 0.29) is 11.8 Å². The van der Waals surface area contributed by atoms with E-state index in [2.05, 4.69) is 51.1 Å². The molecule has 1 aliphatic rings. The molecule has 1 aliphatic heterocycles. The van der Waals surface area contributed by atoms with E-state index in [0.29, 0.717) is 6.54 Å². The number of benzene rings is 1. The largest absolute Gasteiger partial charge is 0.372 e. The molecule has 1 amide bonds. The Morgan fingerprint density at radius 3 is 2.65 bits per heavy atom. The van der Waals surface area contributed by atoms with Gasteiger partial charge in [-0.1, -0.05) is 0 Å². The molecular weight excluding hydrogens is 326 g/mol. The van der Waals surface area contributed by atoms with Gasteiger partial charge in [0.05, 0.1) is 12.1 Å². The normalized spacial score (nSPS) is 17.0. The molecule has 138 valence electrons. The number of carbonyl (C=O) groups is 1. The summed E-state index contributed by atoms with van der Waals surface area (Å²) in [6.45, 7) is 7.84. The molecule has 2 heterocycles. The van der Waals surface area contributed by atoms with Crippen LogP contribution in [-0.2, 0) is 4.79 Å². The minimum Gasteiger partial charge on any atom is -0.372 e. The molecule has 1 atom stereocenters. The maximum atomic E-state index is 12.7. The first kappa shape index (κ1) is 18.2. The molecule has 0 spiro atoms. The number of anilines is 3. The molecular formula is C20H27N5O. The molecule has 0 radical (unpaired) electrons. The molecule has 1 aromatic carbocycles. The number of rotatable bonds is 6. The summed E-state index contributed by atoms with van der Waals surface area (Å²) in [5.74, 6) is 0.885. The van der Waals surface area contributed by atoms with Crippen LogP contribution in [0.3, 0.4) is 0 Å². The summed E-state index contributed by atoms with van der Waals surface area (Å²) in [5.41, 5.74) is 2.03. The van der Waals surface area contributed by atoms with Crippen LogP contribution in [0, 0.1) is 5.92 Å². The number of aromatic nitrogens is 2. The molecule has 1 fully saturated rings. The smallest absolute Gasteiger partial charge is 0.229 e. The van der Waals surface area contributed by atoms with Crippen LogP contribution in [0.15, 0.2) is 42.9 Å². The van der Waals surface area contributed by atoms with E-state index in [1.54, 1.807) is 18.6 Å². The van der Waals surface area contributed by atoms with Crippen molar-refractivity contribution in [3.05, 3.63) is 42.9 Å². The van der Waals surface area contributed by atoms with Crippen LogP contribution in [0.1, 0.15) is 26.7 Å². The van der Waals surface area contributed by atoms with Crippen molar-refractivity contribution in [1.82, 2.24) is 9.97 Å². The van der Waals surface area contributed by atoms with Crippen LogP contribution in [0.5, 0.6) is 0 Å². The summed E-state index contributed by atoms with van der Waals surface area (Å²) in [4.78, 5) is 25.6. The number of hydrogen-bond donors (Lipinski definition) is 1. The third-order valence-corrected chi connectivity index (χ3v) is 4.93. The third kappa shape index (κ3) is 4.31. The Labute approximate surface area is 155 Å². The highest BCUT2D eigenvalue weighted by Crippen LogP contribution is 2.23. The van der Waals surface area contributed by atoms with Crippen LogP contribution in [0.4, 0.5) is 17.2 Å². The van der Waals surface area contributed by atoms with E-state index in [1.807, 2.05) is 12.1 Å². The fourth-order valence-electron chi connectivity index (χ4n) is 3.44. The van der Waals surface area contributed by atoms with Crippen molar-refractivity contribution in [2.24, 2.45) is 5.92 Å². The average molecular weight is 353 g/mol. The van der Waals surface area contributed by atoms with E-state index in [4.69, 9.17) is 0 Å². The summed E-state index contributed by atoms with van der Waals surface area (Å²) in [5, 5.41) is 3.07. The average Bonchev–Trinajstić information content (AvgIpc) is 2.71. The molecule has 0 bridgehead atoms. The standard InChI is InChI=1S/C20H27N5O/c1-3-24(4-2)18-9-7-17(8-10-18)23-20(26)16-6-5-13-25(15-16)19-14-21-11-12-22-19/h7-12,14,16H,3-6,13,15H2,1-2H3,(H,23,26). The molecule has 1 saturated heterocycles. The minimum absolute atomic E-state index is 0.0341. The molecule has 0 saturated carbocycles. The van der Waals surface area contributed by atoms with Gasteiger partial charge in [-0.3, -0.25) is 9.78 Å². The lowest BCUT2D eigenvalue weighted by atomic mass is 9.97. The van der Waals surface area contributed by atoms with Crippen molar-refractivity contribution in [2.45, 2.75) is 26.7 Å².